The van der Waals surface area contributed by atoms with Crippen LogP contribution in [0.2, 0.25) is 0 Å². The molecule has 2 rings (SSSR count). The fourth-order valence-electron chi connectivity index (χ4n) is 1.44. The van der Waals surface area contributed by atoms with Gasteiger partial charge in [0.2, 0.25) is 5.13 Å². The molecule has 0 aliphatic carbocycles. The van der Waals surface area contributed by atoms with E-state index < -0.39 is 5.97 Å². The highest BCUT2D eigenvalue weighted by atomic mass is 32.2. The van der Waals surface area contributed by atoms with Gasteiger partial charge in [0.05, 0.1) is 11.3 Å². The van der Waals surface area contributed by atoms with Gasteiger partial charge in [0, 0.05) is 4.90 Å². The Labute approximate surface area is 133 Å². The second-order valence-electron chi connectivity index (χ2n) is 3.71. The molecule has 0 aliphatic rings. The van der Waals surface area contributed by atoms with Crippen molar-refractivity contribution in [1.29, 1.82) is 0 Å². The third-order valence-electron chi connectivity index (χ3n) is 2.30. The summed E-state index contributed by atoms with van der Waals surface area (Å²) in [7, 11) is 0. The summed E-state index contributed by atoms with van der Waals surface area (Å²) in [5.74, 6) is -1.27. The number of carboxylic acid groups (broad SMARTS) is 1. The van der Waals surface area contributed by atoms with E-state index in [4.69, 9.17) is 5.11 Å². The van der Waals surface area contributed by atoms with Gasteiger partial charge in [-0.1, -0.05) is 35.2 Å². The lowest BCUT2D eigenvalue weighted by Crippen LogP contribution is -2.12. The highest BCUT2D eigenvalue weighted by Crippen LogP contribution is 2.26. The Hall–Kier alpha value is -1.58. The van der Waals surface area contributed by atoms with Crippen molar-refractivity contribution in [3.8, 4) is 0 Å². The lowest BCUT2D eigenvalue weighted by atomic mass is 10.2. The van der Waals surface area contributed by atoms with Gasteiger partial charge >= 0.3 is 5.97 Å². The molecule has 0 aliphatic heterocycles. The number of aliphatic carboxylic acids is 1. The minimum atomic E-state index is -0.922. The number of rotatable bonds is 6. The number of nitrogens with one attached hydrogen (secondary N) is 1. The Balaban J connectivity index is 2.04. The van der Waals surface area contributed by atoms with Crippen LogP contribution in [0, 0.1) is 0 Å². The molecule has 110 valence electrons. The number of carboxylic acids is 1. The van der Waals surface area contributed by atoms with E-state index in [1.165, 1.54) is 11.8 Å². The second-order valence-corrected chi connectivity index (χ2v) is 6.76. The summed E-state index contributed by atoms with van der Waals surface area (Å²) in [4.78, 5) is 23.5. The lowest BCUT2D eigenvalue weighted by molar-refractivity contribution is -0.133. The summed E-state index contributed by atoms with van der Waals surface area (Å²) in [6.07, 6.45) is 1.90. The fraction of sp³-hybridized carbons (Fsp3) is 0.167. The number of thioether (sulfide) groups is 2. The van der Waals surface area contributed by atoms with Gasteiger partial charge in [-0.3, -0.25) is 14.9 Å². The number of hydrogen-bond acceptors (Lipinski definition) is 7. The quantitative estimate of drug-likeness (QED) is 0.616. The molecule has 6 nitrogen and oxygen atoms in total. The molecular formula is C12H11N3O3S3. The number of hydrogen-bond donors (Lipinski definition) is 2. The van der Waals surface area contributed by atoms with E-state index in [-0.39, 0.29) is 11.7 Å². The highest BCUT2D eigenvalue weighted by Gasteiger charge is 2.13. The zero-order valence-corrected chi connectivity index (χ0v) is 13.3. The molecule has 1 amide bonds. The summed E-state index contributed by atoms with van der Waals surface area (Å²) >= 11 is 3.71. The Kier molecular flexibility index (Phi) is 5.59. The van der Waals surface area contributed by atoms with Crippen LogP contribution >= 0.6 is 34.9 Å². The van der Waals surface area contributed by atoms with Crippen LogP contribution in [-0.4, -0.2) is 39.2 Å². The average molecular weight is 341 g/mol. The van der Waals surface area contributed by atoms with E-state index >= 15 is 0 Å². The molecule has 0 fully saturated rings. The van der Waals surface area contributed by atoms with Crippen molar-refractivity contribution in [2.45, 2.75) is 9.24 Å². The first-order valence-electron chi connectivity index (χ1n) is 5.72. The second kappa shape index (κ2) is 7.43. The van der Waals surface area contributed by atoms with E-state index in [2.05, 4.69) is 15.5 Å². The minimum absolute atomic E-state index is 0.0854. The largest absolute Gasteiger partial charge is 0.481 e. The van der Waals surface area contributed by atoms with Crippen molar-refractivity contribution in [2.24, 2.45) is 0 Å². The first kappa shape index (κ1) is 15.8. The maximum absolute atomic E-state index is 12.2. The summed E-state index contributed by atoms with van der Waals surface area (Å²) in [5.41, 5.74) is 0.569. The molecule has 21 heavy (non-hydrogen) atoms. The normalized spacial score (nSPS) is 10.3. The molecule has 2 aromatic rings. The maximum Gasteiger partial charge on any atom is 0.313 e. The summed E-state index contributed by atoms with van der Waals surface area (Å²) in [6.45, 7) is 0. The number of nitrogens with zero attached hydrogens (tertiary/aromatic N) is 2. The van der Waals surface area contributed by atoms with Gasteiger partial charge in [-0.2, -0.15) is 0 Å². The first-order chi connectivity index (χ1) is 10.1. The number of amides is 1. The number of anilines is 1. The van der Waals surface area contributed by atoms with Crippen LogP contribution in [0.4, 0.5) is 5.13 Å². The van der Waals surface area contributed by atoms with Gasteiger partial charge in [0.15, 0.2) is 4.34 Å². The van der Waals surface area contributed by atoms with Crippen LogP contribution in [0.1, 0.15) is 10.4 Å². The molecule has 2 N–H and O–H groups in total. The Morgan fingerprint density at radius 1 is 1.33 bits per heavy atom. The van der Waals surface area contributed by atoms with Crippen LogP contribution in [0.15, 0.2) is 33.5 Å². The molecule has 0 unspecified atom stereocenters. The van der Waals surface area contributed by atoms with Crippen LogP contribution in [0.5, 0.6) is 0 Å². The molecule has 0 spiro atoms. The lowest BCUT2D eigenvalue weighted by Gasteiger charge is -2.05. The summed E-state index contributed by atoms with van der Waals surface area (Å²) < 4.78 is 0.505. The minimum Gasteiger partial charge on any atom is -0.481 e. The first-order valence-corrected chi connectivity index (χ1v) is 8.75. The van der Waals surface area contributed by atoms with Gasteiger partial charge in [0.25, 0.3) is 5.91 Å². The highest BCUT2D eigenvalue weighted by molar-refractivity contribution is 8.01. The topological polar surface area (TPSA) is 92.2 Å². The molecule has 9 heteroatoms. The van der Waals surface area contributed by atoms with Crippen molar-refractivity contribution in [3.05, 3.63) is 29.8 Å². The third kappa shape index (κ3) is 4.45. The van der Waals surface area contributed by atoms with Crippen molar-refractivity contribution < 1.29 is 14.7 Å². The molecule has 0 saturated heterocycles. The Morgan fingerprint density at radius 2 is 2.10 bits per heavy atom. The summed E-state index contributed by atoms with van der Waals surface area (Å²) in [5, 5.41) is 19.3. The molecule has 0 atom stereocenters. The number of carbonyl (C=O) groups is 2. The van der Waals surface area contributed by atoms with Gasteiger partial charge < -0.3 is 5.11 Å². The molecule has 1 aromatic carbocycles. The van der Waals surface area contributed by atoms with E-state index in [0.29, 0.717) is 15.0 Å². The zero-order valence-electron chi connectivity index (χ0n) is 10.9. The number of aromatic nitrogens is 2. The predicted molar refractivity (Wildman–Crippen MR) is 84.4 cm³/mol. The monoisotopic (exact) mass is 341 g/mol. The molecule has 1 aromatic heterocycles. The molecular weight excluding hydrogens is 330 g/mol. The SMILES string of the molecule is CSc1ccccc1C(=O)Nc1nnc(SCC(=O)O)s1. The Morgan fingerprint density at radius 3 is 2.81 bits per heavy atom. The molecule has 1 heterocycles. The zero-order chi connectivity index (χ0) is 15.2. The standard InChI is InChI=1S/C12H11N3O3S3/c1-19-8-5-3-2-4-7(8)10(18)13-11-14-15-12(21-11)20-6-9(16)17/h2-5H,6H2,1H3,(H,16,17)(H,13,14,18). The average Bonchev–Trinajstić information content (AvgIpc) is 2.92. The number of benzene rings is 1. The van der Waals surface area contributed by atoms with Crippen molar-refractivity contribution >= 4 is 51.9 Å². The predicted octanol–water partition coefficient (Wildman–Crippen LogP) is 2.69. The third-order valence-corrected chi connectivity index (χ3v) is 5.05. The smallest absolute Gasteiger partial charge is 0.313 e. The summed E-state index contributed by atoms with van der Waals surface area (Å²) in [6, 6.07) is 7.27. The van der Waals surface area contributed by atoms with Crippen LogP contribution in [-0.2, 0) is 4.79 Å². The van der Waals surface area contributed by atoms with Crippen LogP contribution in [0.25, 0.3) is 0 Å². The van der Waals surface area contributed by atoms with E-state index in [9.17, 15) is 9.59 Å². The van der Waals surface area contributed by atoms with Gasteiger partial charge in [0.1, 0.15) is 0 Å². The molecule has 0 radical (unpaired) electrons. The van der Waals surface area contributed by atoms with E-state index in [1.54, 1.807) is 12.1 Å². The Bertz CT molecular complexity index is 660. The maximum atomic E-state index is 12.2. The van der Waals surface area contributed by atoms with Crippen LogP contribution < -0.4 is 5.32 Å². The van der Waals surface area contributed by atoms with Crippen molar-refractivity contribution in [3.63, 3.8) is 0 Å². The van der Waals surface area contributed by atoms with Gasteiger partial charge in [-0.25, -0.2) is 0 Å². The van der Waals surface area contributed by atoms with Gasteiger partial charge in [-0.05, 0) is 18.4 Å². The van der Waals surface area contributed by atoms with E-state index in [1.807, 2.05) is 18.4 Å². The molecule has 0 saturated carbocycles. The van der Waals surface area contributed by atoms with Crippen LogP contribution in [0.3, 0.4) is 0 Å². The van der Waals surface area contributed by atoms with Gasteiger partial charge in [-0.15, -0.1) is 22.0 Å². The fourth-order valence-corrected chi connectivity index (χ4v) is 3.50. The van der Waals surface area contributed by atoms with E-state index in [0.717, 1.165) is 28.0 Å². The van der Waals surface area contributed by atoms with Crippen molar-refractivity contribution in [2.75, 3.05) is 17.3 Å². The van der Waals surface area contributed by atoms with Crippen molar-refractivity contribution in [1.82, 2.24) is 10.2 Å². The number of carbonyl (C=O) groups excluding carboxylic acids is 1. The molecule has 0 bridgehead atoms.